The fourth-order valence-electron chi connectivity index (χ4n) is 3.96. The molecule has 2 N–H and O–H groups in total. The van der Waals surface area contributed by atoms with Gasteiger partial charge in [0, 0.05) is 33.5 Å². The number of hydrogen-bond donors (Lipinski definition) is 2. The molecule has 0 radical (unpaired) electrons. The molecular formula is C27H25N5O2S. The quantitative estimate of drug-likeness (QED) is 0.287. The lowest BCUT2D eigenvalue weighted by Crippen LogP contribution is -2.14. The van der Waals surface area contributed by atoms with Gasteiger partial charge in [-0.25, -0.2) is 0 Å². The Kier molecular flexibility index (Phi) is 6.29. The summed E-state index contributed by atoms with van der Waals surface area (Å²) in [7, 11) is 1.61. The molecule has 2 heterocycles. The number of para-hydroxylation sites is 1. The summed E-state index contributed by atoms with van der Waals surface area (Å²) in [4.78, 5) is 16.0. The van der Waals surface area contributed by atoms with E-state index in [1.54, 1.807) is 7.11 Å². The van der Waals surface area contributed by atoms with E-state index in [4.69, 9.17) is 4.74 Å². The Labute approximate surface area is 207 Å². The molecule has 0 fully saturated rings. The standard InChI is InChI=1S/C27H25N5O2S/c1-17-18(2)28-24-14-9-19(15-23(17)24)26-30-31-27(32(26)21-7-5-4-6-8-21)35-16-25(33)29-20-10-12-22(34-3)13-11-20/h4-15,28H,16H2,1-3H3,(H,29,33). The molecule has 7 nitrogen and oxygen atoms in total. The molecule has 0 aliphatic rings. The Morgan fingerprint density at radius 1 is 1.03 bits per heavy atom. The maximum Gasteiger partial charge on any atom is 0.234 e. The number of amides is 1. The van der Waals surface area contributed by atoms with Crippen molar-refractivity contribution in [2.45, 2.75) is 19.0 Å². The number of benzene rings is 3. The van der Waals surface area contributed by atoms with Crippen LogP contribution in [0.5, 0.6) is 5.75 Å². The minimum absolute atomic E-state index is 0.121. The normalized spacial score (nSPS) is 11.1. The first-order valence-electron chi connectivity index (χ1n) is 11.2. The Balaban J connectivity index is 1.43. The SMILES string of the molecule is COc1ccc(NC(=O)CSc2nnc(-c3ccc4[nH]c(C)c(C)c4c3)n2-c2ccccc2)cc1. The summed E-state index contributed by atoms with van der Waals surface area (Å²) >= 11 is 1.35. The fraction of sp³-hybridized carbons (Fsp3) is 0.148. The zero-order valence-corrected chi connectivity index (χ0v) is 20.5. The van der Waals surface area contributed by atoms with E-state index >= 15 is 0 Å². The lowest BCUT2D eigenvalue weighted by atomic mass is 10.1. The molecular weight excluding hydrogens is 458 g/mol. The number of thioether (sulfide) groups is 1. The van der Waals surface area contributed by atoms with Gasteiger partial charge in [0.05, 0.1) is 12.9 Å². The number of rotatable bonds is 7. The Morgan fingerprint density at radius 3 is 2.54 bits per heavy atom. The van der Waals surface area contributed by atoms with Gasteiger partial charge in [-0.3, -0.25) is 9.36 Å². The number of aryl methyl sites for hydroxylation is 2. The van der Waals surface area contributed by atoms with Crippen molar-refractivity contribution in [1.82, 2.24) is 19.7 Å². The van der Waals surface area contributed by atoms with Gasteiger partial charge in [0.1, 0.15) is 5.75 Å². The number of methoxy groups -OCH3 is 1. The third kappa shape index (κ3) is 4.65. The number of carbonyl (C=O) groups excluding carboxylic acids is 1. The highest BCUT2D eigenvalue weighted by atomic mass is 32.2. The summed E-state index contributed by atoms with van der Waals surface area (Å²) < 4.78 is 7.17. The Hall–Kier alpha value is -4.04. The second kappa shape index (κ2) is 9.68. The van der Waals surface area contributed by atoms with Crippen molar-refractivity contribution in [3.8, 4) is 22.8 Å². The predicted octanol–water partition coefficient (Wildman–Crippen LogP) is 5.77. The van der Waals surface area contributed by atoms with Crippen molar-refractivity contribution in [2.75, 3.05) is 18.2 Å². The summed E-state index contributed by atoms with van der Waals surface area (Å²) in [6.45, 7) is 4.19. The van der Waals surface area contributed by atoms with Crippen LogP contribution in [0, 0.1) is 13.8 Å². The molecule has 5 rings (SSSR count). The predicted molar refractivity (Wildman–Crippen MR) is 140 cm³/mol. The summed E-state index contributed by atoms with van der Waals surface area (Å²) in [5.41, 5.74) is 6.09. The zero-order valence-electron chi connectivity index (χ0n) is 19.7. The summed E-state index contributed by atoms with van der Waals surface area (Å²) in [5, 5.41) is 13.7. The second-order valence-corrected chi connectivity index (χ2v) is 9.12. The molecule has 0 saturated heterocycles. The minimum Gasteiger partial charge on any atom is -0.497 e. The molecule has 5 aromatic rings. The van der Waals surface area contributed by atoms with E-state index in [-0.39, 0.29) is 11.7 Å². The Bertz CT molecular complexity index is 1490. The molecule has 3 aromatic carbocycles. The second-order valence-electron chi connectivity index (χ2n) is 8.18. The van der Waals surface area contributed by atoms with E-state index in [1.165, 1.54) is 17.3 Å². The van der Waals surface area contributed by atoms with Gasteiger partial charge in [-0.05, 0) is 74.0 Å². The molecule has 0 aliphatic carbocycles. The highest BCUT2D eigenvalue weighted by Crippen LogP contribution is 2.31. The zero-order chi connectivity index (χ0) is 24.4. The van der Waals surface area contributed by atoms with Crippen molar-refractivity contribution in [3.05, 3.63) is 84.1 Å². The lowest BCUT2D eigenvalue weighted by Gasteiger charge is -2.11. The van der Waals surface area contributed by atoms with Gasteiger partial charge >= 0.3 is 0 Å². The first kappa shape index (κ1) is 22.7. The van der Waals surface area contributed by atoms with E-state index in [2.05, 4.69) is 46.5 Å². The van der Waals surface area contributed by atoms with Crippen LogP contribution in [0.15, 0.2) is 78.0 Å². The van der Waals surface area contributed by atoms with E-state index in [0.29, 0.717) is 10.8 Å². The van der Waals surface area contributed by atoms with Crippen LogP contribution in [0.3, 0.4) is 0 Å². The van der Waals surface area contributed by atoms with Crippen LogP contribution in [0.25, 0.3) is 28.0 Å². The van der Waals surface area contributed by atoms with Gasteiger partial charge in [0.2, 0.25) is 5.91 Å². The van der Waals surface area contributed by atoms with Gasteiger partial charge in [0.25, 0.3) is 0 Å². The van der Waals surface area contributed by atoms with Crippen molar-refractivity contribution < 1.29 is 9.53 Å². The molecule has 8 heteroatoms. The highest BCUT2D eigenvalue weighted by Gasteiger charge is 2.18. The van der Waals surface area contributed by atoms with E-state index in [0.717, 1.165) is 39.4 Å². The first-order chi connectivity index (χ1) is 17.0. The van der Waals surface area contributed by atoms with Gasteiger partial charge in [-0.2, -0.15) is 0 Å². The fourth-order valence-corrected chi connectivity index (χ4v) is 4.71. The molecule has 0 unspecified atom stereocenters. The molecule has 0 saturated carbocycles. The van der Waals surface area contributed by atoms with Crippen LogP contribution in [0.1, 0.15) is 11.3 Å². The van der Waals surface area contributed by atoms with Crippen molar-refractivity contribution in [2.24, 2.45) is 0 Å². The molecule has 0 bridgehead atoms. The lowest BCUT2D eigenvalue weighted by molar-refractivity contribution is -0.113. The number of carbonyl (C=O) groups is 1. The number of fused-ring (bicyclic) bond motifs is 1. The molecule has 1 amide bonds. The van der Waals surface area contributed by atoms with Gasteiger partial charge in [-0.1, -0.05) is 30.0 Å². The van der Waals surface area contributed by atoms with Crippen LogP contribution >= 0.6 is 11.8 Å². The summed E-state index contributed by atoms with van der Waals surface area (Å²) in [6.07, 6.45) is 0. The number of H-pyrrole nitrogens is 1. The highest BCUT2D eigenvalue weighted by molar-refractivity contribution is 7.99. The van der Waals surface area contributed by atoms with Gasteiger partial charge in [0.15, 0.2) is 11.0 Å². The van der Waals surface area contributed by atoms with Crippen LogP contribution in [-0.4, -0.2) is 38.5 Å². The number of hydrogen-bond acceptors (Lipinski definition) is 5. The smallest absolute Gasteiger partial charge is 0.234 e. The maximum atomic E-state index is 12.6. The van der Waals surface area contributed by atoms with Crippen LogP contribution in [0.4, 0.5) is 5.69 Å². The molecule has 0 spiro atoms. The largest absolute Gasteiger partial charge is 0.497 e. The van der Waals surface area contributed by atoms with Gasteiger partial charge in [-0.15, -0.1) is 10.2 Å². The third-order valence-corrected chi connectivity index (χ3v) is 6.85. The van der Waals surface area contributed by atoms with Crippen LogP contribution < -0.4 is 10.1 Å². The minimum atomic E-state index is -0.121. The monoisotopic (exact) mass is 483 g/mol. The number of aromatic nitrogens is 4. The van der Waals surface area contributed by atoms with E-state index in [1.807, 2.05) is 65.2 Å². The number of nitrogens with one attached hydrogen (secondary N) is 2. The third-order valence-electron chi connectivity index (χ3n) is 5.92. The number of anilines is 1. The summed E-state index contributed by atoms with van der Waals surface area (Å²) in [6, 6.07) is 23.5. The summed E-state index contributed by atoms with van der Waals surface area (Å²) in [5.74, 6) is 1.55. The maximum absolute atomic E-state index is 12.6. The molecule has 35 heavy (non-hydrogen) atoms. The number of ether oxygens (including phenoxy) is 1. The van der Waals surface area contributed by atoms with Gasteiger partial charge < -0.3 is 15.0 Å². The number of aromatic amines is 1. The first-order valence-corrected chi connectivity index (χ1v) is 12.2. The molecule has 0 aliphatic heterocycles. The average Bonchev–Trinajstić information content (AvgIpc) is 3.44. The van der Waals surface area contributed by atoms with Crippen molar-refractivity contribution in [3.63, 3.8) is 0 Å². The van der Waals surface area contributed by atoms with E-state index in [9.17, 15) is 4.79 Å². The van der Waals surface area contributed by atoms with E-state index < -0.39 is 0 Å². The number of nitrogens with zero attached hydrogens (tertiary/aromatic N) is 3. The molecule has 2 aromatic heterocycles. The van der Waals surface area contributed by atoms with Crippen molar-refractivity contribution in [1.29, 1.82) is 0 Å². The average molecular weight is 484 g/mol. The Morgan fingerprint density at radius 2 is 1.80 bits per heavy atom. The molecule has 0 atom stereocenters. The molecule has 176 valence electrons. The van der Waals surface area contributed by atoms with Crippen LogP contribution in [0.2, 0.25) is 0 Å². The van der Waals surface area contributed by atoms with Crippen LogP contribution in [-0.2, 0) is 4.79 Å². The van der Waals surface area contributed by atoms with Crippen molar-refractivity contribution >= 4 is 34.3 Å². The topological polar surface area (TPSA) is 84.8 Å².